The fourth-order valence-electron chi connectivity index (χ4n) is 2.77. The van der Waals surface area contributed by atoms with E-state index in [1.54, 1.807) is 7.11 Å². The molecule has 0 aliphatic heterocycles. The van der Waals surface area contributed by atoms with Crippen molar-refractivity contribution in [3.05, 3.63) is 42.0 Å². The molecule has 0 amide bonds. The molecule has 0 bridgehead atoms. The molecule has 4 heteroatoms. The lowest BCUT2D eigenvalue weighted by molar-refractivity contribution is -0.145. The van der Waals surface area contributed by atoms with E-state index < -0.39 is 0 Å². The van der Waals surface area contributed by atoms with Crippen molar-refractivity contribution in [2.45, 2.75) is 38.5 Å². The molecule has 136 valence electrons. The highest BCUT2D eigenvalue weighted by molar-refractivity contribution is 7.98. The monoisotopic (exact) mass is 360 g/mol. The van der Waals surface area contributed by atoms with Crippen molar-refractivity contribution < 1.29 is 14.3 Å². The summed E-state index contributed by atoms with van der Waals surface area (Å²) in [4.78, 5) is 12.3. The number of fused-ring (bicyclic) bond motifs is 1. The van der Waals surface area contributed by atoms with Crippen LogP contribution in [-0.4, -0.2) is 31.7 Å². The highest BCUT2D eigenvalue weighted by Crippen LogP contribution is 2.25. The van der Waals surface area contributed by atoms with Crippen molar-refractivity contribution in [1.29, 1.82) is 0 Å². The Morgan fingerprint density at radius 2 is 1.76 bits per heavy atom. The second kappa shape index (κ2) is 10.3. The van der Waals surface area contributed by atoms with Crippen LogP contribution in [0.1, 0.15) is 44.1 Å². The topological polar surface area (TPSA) is 35.5 Å². The third-order valence-corrected chi connectivity index (χ3v) is 5.11. The maximum Gasteiger partial charge on any atom is 0.313 e. The van der Waals surface area contributed by atoms with E-state index >= 15 is 0 Å². The molecule has 0 spiro atoms. The number of methoxy groups -OCH3 is 1. The summed E-state index contributed by atoms with van der Waals surface area (Å²) in [5.74, 6) is 1.66. The lowest BCUT2D eigenvalue weighted by atomic mass is 9.98. The highest BCUT2D eigenvalue weighted by atomic mass is 32.2. The molecule has 0 saturated carbocycles. The molecule has 0 N–H and O–H groups in total. The highest BCUT2D eigenvalue weighted by Gasteiger charge is 2.17. The van der Waals surface area contributed by atoms with Crippen LogP contribution in [-0.2, 0) is 9.53 Å². The van der Waals surface area contributed by atoms with E-state index in [1.807, 2.05) is 49.0 Å². The molecule has 3 nitrogen and oxygen atoms in total. The summed E-state index contributed by atoms with van der Waals surface area (Å²) >= 11 is 1.88. The fourth-order valence-corrected chi connectivity index (χ4v) is 3.27. The van der Waals surface area contributed by atoms with Gasteiger partial charge in [0.1, 0.15) is 5.75 Å². The Labute approximate surface area is 155 Å². The van der Waals surface area contributed by atoms with E-state index in [4.69, 9.17) is 9.47 Å². The molecule has 25 heavy (non-hydrogen) atoms. The van der Waals surface area contributed by atoms with Gasteiger partial charge in [-0.1, -0.05) is 37.1 Å². The quantitative estimate of drug-likeness (QED) is 0.419. The van der Waals surface area contributed by atoms with Gasteiger partial charge in [-0.3, -0.25) is 4.79 Å². The number of hydrogen-bond donors (Lipinski definition) is 0. The average Bonchev–Trinajstić information content (AvgIpc) is 2.65. The number of thioether (sulfide) groups is 1. The van der Waals surface area contributed by atoms with Gasteiger partial charge < -0.3 is 9.47 Å². The molecule has 1 atom stereocenters. The van der Waals surface area contributed by atoms with Crippen LogP contribution in [0.15, 0.2) is 36.4 Å². The molecule has 0 radical (unpaired) electrons. The van der Waals surface area contributed by atoms with Gasteiger partial charge in [-0.05, 0) is 60.2 Å². The summed E-state index contributed by atoms with van der Waals surface area (Å²) < 4.78 is 10.7. The molecule has 0 aliphatic carbocycles. The van der Waals surface area contributed by atoms with Crippen LogP contribution in [0.2, 0.25) is 0 Å². The summed E-state index contributed by atoms with van der Waals surface area (Å²) in [7, 11) is 1.66. The van der Waals surface area contributed by atoms with Gasteiger partial charge in [-0.25, -0.2) is 0 Å². The lowest BCUT2D eigenvalue weighted by Crippen LogP contribution is -2.14. The minimum absolute atomic E-state index is 0.142. The average molecular weight is 361 g/mol. The predicted octanol–water partition coefficient (Wildman–Crippen LogP) is 5.42. The van der Waals surface area contributed by atoms with Gasteiger partial charge in [0.2, 0.25) is 0 Å². The number of ether oxygens (including phenoxy) is 2. The minimum Gasteiger partial charge on any atom is -0.497 e. The van der Waals surface area contributed by atoms with Crippen molar-refractivity contribution in [2.75, 3.05) is 25.7 Å². The summed E-state index contributed by atoms with van der Waals surface area (Å²) in [6.07, 6.45) is 6.66. The third-order valence-electron chi connectivity index (χ3n) is 4.41. The standard InChI is InChI=1S/C21H28O3S/c1-16(21(22)24-12-6-4-5-7-13-25-3)17-8-9-19-15-20(23-2)11-10-18(19)14-17/h8-11,14-16H,4-7,12-13H2,1-3H3/t16-/m0/s1. The van der Waals surface area contributed by atoms with Gasteiger partial charge >= 0.3 is 5.97 Å². The summed E-state index contributed by atoms with van der Waals surface area (Å²) in [5.41, 5.74) is 0.989. The summed E-state index contributed by atoms with van der Waals surface area (Å²) in [5, 5.41) is 2.21. The van der Waals surface area contributed by atoms with E-state index in [2.05, 4.69) is 12.3 Å². The zero-order chi connectivity index (χ0) is 18.1. The molecule has 0 aliphatic rings. The summed E-state index contributed by atoms with van der Waals surface area (Å²) in [6.45, 7) is 2.43. The summed E-state index contributed by atoms with van der Waals surface area (Å²) in [6, 6.07) is 12.0. The Bertz CT molecular complexity index is 684. The van der Waals surface area contributed by atoms with E-state index in [0.717, 1.165) is 34.9 Å². The molecule has 0 unspecified atom stereocenters. The number of esters is 1. The van der Waals surface area contributed by atoms with Crippen molar-refractivity contribution >= 4 is 28.5 Å². The second-order valence-electron chi connectivity index (χ2n) is 6.27. The normalized spacial score (nSPS) is 12.1. The predicted molar refractivity (Wildman–Crippen MR) is 107 cm³/mol. The van der Waals surface area contributed by atoms with Crippen molar-refractivity contribution in [2.24, 2.45) is 0 Å². The lowest BCUT2D eigenvalue weighted by Gasteiger charge is -2.13. The molecule has 0 fully saturated rings. The van der Waals surface area contributed by atoms with Gasteiger partial charge in [-0.15, -0.1) is 0 Å². The van der Waals surface area contributed by atoms with Crippen LogP contribution in [0, 0.1) is 0 Å². The van der Waals surface area contributed by atoms with E-state index in [1.165, 1.54) is 18.6 Å². The van der Waals surface area contributed by atoms with Gasteiger partial charge in [0.15, 0.2) is 0 Å². The van der Waals surface area contributed by atoms with E-state index in [9.17, 15) is 4.79 Å². The van der Waals surface area contributed by atoms with Crippen LogP contribution >= 0.6 is 11.8 Å². The first-order chi connectivity index (χ1) is 12.2. The van der Waals surface area contributed by atoms with Crippen LogP contribution in [0.25, 0.3) is 10.8 Å². The van der Waals surface area contributed by atoms with Gasteiger partial charge in [0, 0.05) is 0 Å². The maximum atomic E-state index is 12.3. The second-order valence-corrected chi connectivity index (χ2v) is 7.25. The molecule has 2 aromatic rings. The zero-order valence-corrected chi connectivity index (χ0v) is 16.2. The van der Waals surface area contributed by atoms with Gasteiger partial charge in [0.05, 0.1) is 19.6 Å². The molecule has 0 heterocycles. The molecule has 0 aromatic heterocycles. The van der Waals surface area contributed by atoms with E-state index in [0.29, 0.717) is 6.61 Å². The molecule has 2 aromatic carbocycles. The number of benzene rings is 2. The largest absolute Gasteiger partial charge is 0.497 e. The Hall–Kier alpha value is -1.68. The van der Waals surface area contributed by atoms with Crippen molar-refractivity contribution in [1.82, 2.24) is 0 Å². The number of hydrogen-bond acceptors (Lipinski definition) is 4. The Morgan fingerprint density at radius 3 is 2.52 bits per heavy atom. The Kier molecular flexibility index (Phi) is 8.13. The fraction of sp³-hybridized carbons (Fsp3) is 0.476. The minimum atomic E-state index is -0.247. The molecular weight excluding hydrogens is 332 g/mol. The first kappa shape index (κ1) is 19.6. The molecule has 2 rings (SSSR count). The van der Waals surface area contributed by atoms with Gasteiger partial charge in [0.25, 0.3) is 0 Å². The SMILES string of the molecule is COc1ccc2cc([C@H](C)C(=O)OCCCCCCSC)ccc2c1. The van der Waals surface area contributed by atoms with Crippen LogP contribution in [0.5, 0.6) is 5.75 Å². The molecule has 0 saturated heterocycles. The van der Waals surface area contributed by atoms with Crippen LogP contribution < -0.4 is 4.74 Å². The molecular formula is C21H28O3S. The third kappa shape index (κ3) is 5.96. The number of carbonyl (C=O) groups is 1. The maximum absolute atomic E-state index is 12.3. The number of unbranched alkanes of at least 4 members (excludes halogenated alkanes) is 3. The smallest absolute Gasteiger partial charge is 0.313 e. The van der Waals surface area contributed by atoms with Crippen LogP contribution in [0.4, 0.5) is 0 Å². The van der Waals surface area contributed by atoms with Crippen molar-refractivity contribution in [3.8, 4) is 5.75 Å². The van der Waals surface area contributed by atoms with Gasteiger partial charge in [-0.2, -0.15) is 11.8 Å². The number of carbonyl (C=O) groups excluding carboxylic acids is 1. The first-order valence-corrected chi connectivity index (χ1v) is 10.3. The zero-order valence-electron chi connectivity index (χ0n) is 15.4. The Balaban J connectivity index is 1.85. The first-order valence-electron chi connectivity index (χ1n) is 8.89. The van der Waals surface area contributed by atoms with Crippen molar-refractivity contribution in [3.63, 3.8) is 0 Å². The van der Waals surface area contributed by atoms with Crippen LogP contribution in [0.3, 0.4) is 0 Å². The van der Waals surface area contributed by atoms with E-state index in [-0.39, 0.29) is 11.9 Å². The number of rotatable bonds is 10. The Morgan fingerprint density at radius 1 is 1.04 bits per heavy atom.